The molecule has 1 saturated carbocycles. The Morgan fingerprint density at radius 2 is 1.74 bits per heavy atom. The first-order valence-electron chi connectivity index (χ1n) is 14.6. The number of pyridine rings is 1. The van der Waals surface area contributed by atoms with Crippen LogP contribution < -0.4 is 9.47 Å². The van der Waals surface area contributed by atoms with Crippen molar-refractivity contribution >= 4 is 32.0 Å². The van der Waals surface area contributed by atoms with Gasteiger partial charge < -0.3 is 14.5 Å². The molecule has 0 bridgehead atoms. The fourth-order valence-corrected chi connectivity index (χ4v) is 8.43. The monoisotopic (exact) mass is 617 g/mol. The highest BCUT2D eigenvalue weighted by Crippen LogP contribution is 2.40. The summed E-state index contributed by atoms with van der Waals surface area (Å²) < 4.78 is 75.3. The Hall–Kier alpha value is -3.45. The van der Waals surface area contributed by atoms with Crippen molar-refractivity contribution in [2.45, 2.75) is 57.7 Å². The molecule has 230 valence electrons. The van der Waals surface area contributed by atoms with Crippen LogP contribution in [0.15, 0.2) is 42.7 Å². The van der Waals surface area contributed by atoms with Crippen LogP contribution >= 0.6 is 0 Å². The maximum absolute atomic E-state index is 13.5. The molecule has 13 heteroatoms. The lowest BCUT2D eigenvalue weighted by Crippen LogP contribution is -2.43. The third-order valence-corrected chi connectivity index (χ3v) is 10.5. The fraction of sp³-hybridized carbons (Fsp3) is 0.500. The molecule has 1 aliphatic heterocycles. The highest BCUT2D eigenvalue weighted by molar-refractivity contribution is 7.89. The van der Waals surface area contributed by atoms with Crippen molar-refractivity contribution in [2.75, 3.05) is 25.4 Å². The molecule has 43 heavy (non-hydrogen) atoms. The van der Waals surface area contributed by atoms with Crippen LogP contribution in [0.1, 0.15) is 56.0 Å². The van der Waals surface area contributed by atoms with E-state index in [9.17, 15) is 21.6 Å². The van der Waals surface area contributed by atoms with Crippen molar-refractivity contribution in [1.29, 1.82) is 0 Å². The second-order valence-corrected chi connectivity index (χ2v) is 13.6. The number of piperidine rings is 1. The topological polar surface area (TPSA) is 110 Å². The molecule has 1 unspecified atom stereocenters. The molecule has 1 saturated heterocycles. The summed E-state index contributed by atoms with van der Waals surface area (Å²) in [5.74, 6) is 1.24. The van der Waals surface area contributed by atoms with E-state index >= 15 is 0 Å². The summed E-state index contributed by atoms with van der Waals surface area (Å²) in [5, 5.41) is 2.04. The SMILES string of the molecule is Cc1nc(C2CCC(CS(=O)(=O)N3CCCC(COc4ccc(OC(F)(F)F)cc4)C3)CC2)c2c(cnc3[nH]ccc32)n1. The van der Waals surface area contributed by atoms with Gasteiger partial charge in [-0.15, -0.1) is 13.2 Å². The molecule has 4 aromatic rings. The molecule has 3 aromatic heterocycles. The Labute approximate surface area is 247 Å². The Morgan fingerprint density at radius 3 is 2.49 bits per heavy atom. The van der Waals surface area contributed by atoms with Crippen LogP contribution in [0.4, 0.5) is 13.2 Å². The van der Waals surface area contributed by atoms with E-state index in [1.165, 1.54) is 24.3 Å². The Bertz CT molecular complexity index is 1690. The number of alkyl halides is 3. The highest BCUT2D eigenvalue weighted by Gasteiger charge is 2.34. The predicted octanol–water partition coefficient (Wildman–Crippen LogP) is 6.11. The summed E-state index contributed by atoms with van der Waals surface area (Å²) in [6.07, 6.45) is 3.81. The normalized spacial score (nSPS) is 22.2. The van der Waals surface area contributed by atoms with Crippen molar-refractivity contribution in [1.82, 2.24) is 24.2 Å². The summed E-state index contributed by atoms with van der Waals surface area (Å²) in [5.41, 5.74) is 2.66. The van der Waals surface area contributed by atoms with Gasteiger partial charge in [0.25, 0.3) is 0 Å². The van der Waals surface area contributed by atoms with Gasteiger partial charge in [0, 0.05) is 41.9 Å². The maximum atomic E-state index is 13.5. The van der Waals surface area contributed by atoms with Gasteiger partial charge in [-0.25, -0.2) is 27.7 Å². The molecule has 2 aliphatic rings. The molecule has 1 aliphatic carbocycles. The number of H-pyrrole nitrogens is 1. The number of aromatic nitrogens is 4. The van der Waals surface area contributed by atoms with Crippen LogP contribution in [-0.2, 0) is 10.0 Å². The van der Waals surface area contributed by atoms with E-state index in [1.54, 1.807) is 10.5 Å². The van der Waals surface area contributed by atoms with Crippen LogP contribution in [0.2, 0.25) is 0 Å². The first-order valence-corrected chi connectivity index (χ1v) is 16.2. The van der Waals surface area contributed by atoms with Crippen LogP contribution in [-0.4, -0.2) is 64.5 Å². The predicted molar refractivity (Wildman–Crippen MR) is 155 cm³/mol. The zero-order valence-electron chi connectivity index (χ0n) is 23.8. The molecule has 1 N–H and O–H groups in total. The molecule has 1 atom stereocenters. The smallest absolute Gasteiger partial charge is 0.493 e. The summed E-state index contributed by atoms with van der Waals surface area (Å²) in [6.45, 7) is 3.04. The first kappa shape index (κ1) is 29.6. The van der Waals surface area contributed by atoms with Gasteiger partial charge >= 0.3 is 6.36 Å². The molecular weight excluding hydrogens is 583 g/mol. The van der Waals surface area contributed by atoms with Crippen molar-refractivity contribution in [3.8, 4) is 11.5 Å². The second kappa shape index (κ2) is 11.9. The highest BCUT2D eigenvalue weighted by atomic mass is 32.2. The van der Waals surface area contributed by atoms with Crippen LogP contribution in [0.3, 0.4) is 0 Å². The summed E-state index contributed by atoms with van der Waals surface area (Å²) in [6, 6.07) is 7.23. The van der Waals surface area contributed by atoms with Gasteiger partial charge in [-0.1, -0.05) is 0 Å². The zero-order valence-corrected chi connectivity index (χ0v) is 24.6. The quantitative estimate of drug-likeness (QED) is 0.254. The lowest BCUT2D eigenvalue weighted by molar-refractivity contribution is -0.274. The van der Waals surface area contributed by atoms with E-state index in [-0.39, 0.29) is 35.9 Å². The minimum Gasteiger partial charge on any atom is -0.493 e. The number of aromatic amines is 1. The third-order valence-electron chi connectivity index (χ3n) is 8.49. The number of halogens is 3. The Morgan fingerprint density at radius 1 is 1.00 bits per heavy atom. The van der Waals surface area contributed by atoms with Crippen LogP contribution in [0, 0.1) is 18.8 Å². The van der Waals surface area contributed by atoms with Gasteiger partial charge in [-0.05, 0) is 81.7 Å². The lowest BCUT2D eigenvalue weighted by Gasteiger charge is -2.34. The number of hydrogen-bond donors (Lipinski definition) is 1. The Kier molecular flexibility index (Phi) is 8.20. The number of aryl methyl sites for hydroxylation is 1. The number of nitrogens with one attached hydrogen (secondary N) is 1. The fourth-order valence-electron chi connectivity index (χ4n) is 6.45. The second-order valence-electron chi connectivity index (χ2n) is 11.6. The molecular formula is C30H34F3N5O4S. The van der Waals surface area contributed by atoms with Crippen LogP contribution in [0.5, 0.6) is 11.5 Å². The summed E-state index contributed by atoms with van der Waals surface area (Å²) in [4.78, 5) is 17.1. The number of hydrogen-bond acceptors (Lipinski definition) is 7. The minimum atomic E-state index is -4.75. The van der Waals surface area contributed by atoms with Gasteiger partial charge in [0.1, 0.15) is 23.0 Å². The molecule has 0 radical (unpaired) electrons. The molecule has 1 aromatic carbocycles. The molecule has 0 spiro atoms. The number of ether oxygens (including phenoxy) is 2. The number of fused-ring (bicyclic) bond motifs is 3. The van der Waals surface area contributed by atoms with Crippen LogP contribution in [0.25, 0.3) is 21.9 Å². The van der Waals surface area contributed by atoms with Gasteiger partial charge in [0.05, 0.1) is 29.8 Å². The molecule has 6 rings (SSSR count). The molecule has 2 fully saturated rings. The number of nitrogens with zero attached hydrogens (tertiary/aromatic N) is 4. The third kappa shape index (κ3) is 6.87. The number of sulfonamides is 1. The average Bonchev–Trinajstić information content (AvgIpc) is 3.45. The van der Waals surface area contributed by atoms with Crippen molar-refractivity contribution in [3.63, 3.8) is 0 Å². The van der Waals surface area contributed by atoms with Gasteiger partial charge in [-0.3, -0.25) is 0 Å². The Balaban J connectivity index is 1.04. The van der Waals surface area contributed by atoms with E-state index in [2.05, 4.69) is 19.7 Å². The van der Waals surface area contributed by atoms with Gasteiger partial charge in [0.15, 0.2) is 0 Å². The van der Waals surface area contributed by atoms with E-state index in [1.807, 2.05) is 19.2 Å². The van der Waals surface area contributed by atoms with E-state index in [0.717, 1.165) is 66.2 Å². The van der Waals surface area contributed by atoms with Crippen molar-refractivity contribution < 1.29 is 31.1 Å². The van der Waals surface area contributed by atoms with Crippen molar-refractivity contribution in [3.05, 3.63) is 54.2 Å². The first-order chi connectivity index (χ1) is 20.5. The van der Waals surface area contributed by atoms with Gasteiger partial charge in [0.2, 0.25) is 10.0 Å². The number of rotatable bonds is 8. The van der Waals surface area contributed by atoms with Gasteiger partial charge in [-0.2, -0.15) is 0 Å². The van der Waals surface area contributed by atoms with Crippen molar-refractivity contribution in [2.24, 2.45) is 11.8 Å². The minimum absolute atomic E-state index is 0.000550. The summed E-state index contributed by atoms with van der Waals surface area (Å²) >= 11 is 0. The summed E-state index contributed by atoms with van der Waals surface area (Å²) in [7, 11) is -3.45. The average molecular weight is 618 g/mol. The zero-order chi connectivity index (χ0) is 30.2. The largest absolute Gasteiger partial charge is 0.573 e. The standard InChI is InChI=1S/C30H34F3N5O4S/c1-19-36-26-15-35-29-25(12-13-34-29)27(26)28(37-19)22-6-4-20(5-7-22)18-43(39,40)38-14-2-3-21(16-38)17-41-23-8-10-24(11-9-23)42-30(31,32)33/h8-13,15,20-22H,2-7,14,16-18H2,1H3,(H,34,35). The maximum Gasteiger partial charge on any atom is 0.573 e. The lowest BCUT2D eigenvalue weighted by atomic mass is 9.80. The van der Waals surface area contributed by atoms with E-state index in [4.69, 9.17) is 9.72 Å². The molecule has 9 nitrogen and oxygen atoms in total. The molecule has 0 amide bonds. The van der Waals surface area contributed by atoms with E-state index in [0.29, 0.717) is 24.7 Å². The van der Waals surface area contributed by atoms with E-state index < -0.39 is 16.4 Å². The number of benzene rings is 1. The molecule has 4 heterocycles.